The van der Waals surface area contributed by atoms with Gasteiger partial charge in [-0.25, -0.2) is 0 Å². The first-order valence-corrected chi connectivity index (χ1v) is 18.7. The van der Waals surface area contributed by atoms with E-state index in [4.69, 9.17) is 4.74 Å². The van der Waals surface area contributed by atoms with Gasteiger partial charge < -0.3 is 4.74 Å². The molecule has 2 atom stereocenters. The Balaban J connectivity index is 1.65. The number of rotatable bonds is 24. The van der Waals surface area contributed by atoms with Crippen LogP contribution in [0.1, 0.15) is 167 Å². The summed E-state index contributed by atoms with van der Waals surface area (Å²) in [6, 6.07) is 7.60. The summed E-state index contributed by atoms with van der Waals surface area (Å²) >= 11 is 0. The minimum atomic E-state index is -0.214. The zero-order valence-corrected chi connectivity index (χ0v) is 30.8. The van der Waals surface area contributed by atoms with Crippen molar-refractivity contribution in [2.75, 3.05) is 27.4 Å². The summed E-state index contributed by atoms with van der Waals surface area (Å²) in [4.78, 5) is 26.6. The molecule has 2 unspecified atom stereocenters. The molecule has 0 fully saturated rings. The molecule has 0 aromatic heterocycles. The molecule has 2 rings (SSSR count). The third kappa shape index (κ3) is 14.6. The van der Waals surface area contributed by atoms with Crippen molar-refractivity contribution in [3.63, 3.8) is 0 Å². The topological polar surface area (TPSA) is 43.4 Å². The summed E-state index contributed by atoms with van der Waals surface area (Å²) in [5, 5.41) is 0. The number of Topliss-reactive ketones (excluding diaryl/α,β-unsaturated/α-hetero) is 2. The standard InChI is InChI=1S/C41H70NO3/c1-9-10-11-12-13-14-15-16-17-18-19-20-21-22-30-42(7,8)32-45-37-27-25-36(26-28-37)40(44)35(4)34(3)31-38(43)39-33(2)24-23-29-41(39,5)6/h25-28,34-35H,9-24,29-32H2,1-8H3/q+1. The molecule has 1 aromatic carbocycles. The Bertz CT molecular complexity index is 1040. The van der Waals surface area contributed by atoms with Crippen LogP contribution in [0.3, 0.4) is 0 Å². The van der Waals surface area contributed by atoms with Crippen LogP contribution in [0.4, 0.5) is 0 Å². The van der Waals surface area contributed by atoms with Gasteiger partial charge in [-0.15, -0.1) is 0 Å². The molecule has 0 saturated heterocycles. The van der Waals surface area contributed by atoms with Crippen molar-refractivity contribution in [3.05, 3.63) is 41.0 Å². The molecule has 0 saturated carbocycles. The van der Waals surface area contributed by atoms with Gasteiger partial charge >= 0.3 is 0 Å². The van der Waals surface area contributed by atoms with Gasteiger partial charge in [0.2, 0.25) is 6.73 Å². The first-order valence-electron chi connectivity index (χ1n) is 18.7. The van der Waals surface area contributed by atoms with Crippen molar-refractivity contribution < 1.29 is 18.8 Å². The summed E-state index contributed by atoms with van der Waals surface area (Å²) < 4.78 is 6.97. The van der Waals surface area contributed by atoms with Crippen LogP contribution < -0.4 is 4.74 Å². The Morgan fingerprint density at radius 3 is 1.84 bits per heavy atom. The number of benzene rings is 1. The van der Waals surface area contributed by atoms with Crippen molar-refractivity contribution in [1.29, 1.82) is 0 Å². The SMILES string of the molecule is CCCCCCCCCCCCCCCC[N+](C)(C)COc1ccc(C(=O)C(C)C(C)CC(=O)C2=C(C)CCCC2(C)C)cc1. The highest BCUT2D eigenvalue weighted by Crippen LogP contribution is 2.41. The van der Waals surface area contributed by atoms with Crippen LogP contribution in [-0.2, 0) is 4.79 Å². The van der Waals surface area contributed by atoms with Crippen LogP contribution in [0, 0.1) is 17.3 Å². The molecule has 4 nitrogen and oxygen atoms in total. The number of hydrogen-bond donors (Lipinski definition) is 0. The number of ether oxygens (including phenoxy) is 1. The lowest BCUT2D eigenvalue weighted by atomic mass is 9.69. The van der Waals surface area contributed by atoms with Crippen molar-refractivity contribution in [1.82, 2.24) is 0 Å². The van der Waals surface area contributed by atoms with E-state index in [-0.39, 0.29) is 28.8 Å². The van der Waals surface area contributed by atoms with Gasteiger partial charge in [0, 0.05) is 17.9 Å². The second kappa shape index (κ2) is 20.3. The van der Waals surface area contributed by atoms with Crippen LogP contribution in [-0.4, -0.2) is 43.4 Å². The summed E-state index contributed by atoms with van der Waals surface area (Å²) in [5.74, 6) is 0.907. The van der Waals surface area contributed by atoms with Gasteiger partial charge in [-0.2, -0.15) is 0 Å². The van der Waals surface area contributed by atoms with E-state index in [1.54, 1.807) is 0 Å². The van der Waals surface area contributed by atoms with Crippen LogP contribution in [0.5, 0.6) is 5.75 Å². The molecule has 0 bridgehead atoms. The van der Waals surface area contributed by atoms with Gasteiger partial charge in [-0.1, -0.05) is 117 Å². The molecular weight excluding hydrogens is 554 g/mol. The van der Waals surface area contributed by atoms with Gasteiger partial charge in [-0.05, 0) is 80.2 Å². The van der Waals surface area contributed by atoms with Crippen molar-refractivity contribution in [3.8, 4) is 5.75 Å². The van der Waals surface area contributed by atoms with E-state index in [2.05, 4.69) is 41.8 Å². The Morgan fingerprint density at radius 2 is 1.33 bits per heavy atom. The first kappa shape index (κ1) is 39.2. The Kier molecular flexibility index (Phi) is 17.7. The number of ketones is 2. The fraction of sp³-hybridized carbons (Fsp3) is 0.756. The number of unbranched alkanes of at least 4 members (excludes halogenated alkanes) is 13. The van der Waals surface area contributed by atoms with E-state index in [1.807, 2.05) is 38.1 Å². The maximum Gasteiger partial charge on any atom is 0.223 e. The minimum absolute atomic E-state index is 0.00745. The van der Waals surface area contributed by atoms with Crippen LogP contribution >= 0.6 is 0 Å². The van der Waals surface area contributed by atoms with Crippen molar-refractivity contribution >= 4 is 11.6 Å². The molecule has 256 valence electrons. The molecule has 1 aliphatic rings. The fourth-order valence-corrected chi connectivity index (χ4v) is 7.09. The van der Waals surface area contributed by atoms with E-state index >= 15 is 0 Å². The monoisotopic (exact) mass is 625 g/mol. The van der Waals surface area contributed by atoms with E-state index in [0.29, 0.717) is 18.7 Å². The van der Waals surface area contributed by atoms with E-state index < -0.39 is 0 Å². The molecule has 0 radical (unpaired) electrons. The highest BCUT2D eigenvalue weighted by molar-refractivity contribution is 6.00. The zero-order chi connectivity index (χ0) is 33.3. The molecular formula is C41H70NO3+. The molecule has 4 heteroatoms. The Labute approximate surface area is 278 Å². The predicted molar refractivity (Wildman–Crippen MR) is 192 cm³/mol. The second-order valence-electron chi connectivity index (χ2n) is 15.7. The normalized spacial score (nSPS) is 16.4. The van der Waals surface area contributed by atoms with Gasteiger partial charge in [0.05, 0.1) is 20.6 Å². The van der Waals surface area contributed by atoms with E-state index in [1.165, 1.54) is 95.5 Å². The number of nitrogens with zero attached hydrogens (tertiary/aromatic N) is 1. The largest absolute Gasteiger partial charge is 0.445 e. The summed E-state index contributed by atoms with van der Waals surface area (Å²) in [7, 11) is 4.47. The van der Waals surface area contributed by atoms with Crippen LogP contribution in [0.15, 0.2) is 35.4 Å². The number of carbonyl (C=O) groups is 2. The second-order valence-corrected chi connectivity index (χ2v) is 15.7. The zero-order valence-electron chi connectivity index (χ0n) is 30.8. The van der Waals surface area contributed by atoms with E-state index in [0.717, 1.165) is 41.6 Å². The third-order valence-corrected chi connectivity index (χ3v) is 10.3. The van der Waals surface area contributed by atoms with Gasteiger partial charge in [0.25, 0.3) is 0 Å². The number of hydrogen-bond acceptors (Lipinski definition) is 3. The van der Waals surface area contributed by atoms with Crippen molar-refractivity contribution in [2.24, 2.45) is 17.3 Å². The molecule has 0 amide bonds. The summed E-state index contributed by atoms with van der Waals surface area (Å²) in [6.45, 7) is 14.5. The Hall–Kier alpha value is -1.94. The number of quaternary nitrogens is 1. The fourth-order valence-electron chi connectivity index (χ4n) is 7.09. The lowest BCUT2D eigenvalue weighted by Gasteiger charge is -2.34. The third-order valence-electron chi connectivity index (χ3n) is 10.3. The van der Waals surface area contributed by atoms with Crippen LogP contribution in [0.25, 0.3) is 0 Å². The van der Waals surface area contributed by atoms with Gasteiger partial charge in [0.1, 0.15) is 5.75 Å². The number of allylic oxidation sites excluding steroid dienone is 2. The highest BCUT2D eigenvalue weighted by Gasteiger charge is 2.34. The maximum atomic E-state index is 13.3. The lowest BCUT2D eigenvalue weighted by molar-refractivity contribution is -0.905. The summed E-state index contributed by atoms with van der Waals surface area (Å²) in [6.07, 6.45) is 23.0. The molecule has 0 heterocycles. The summed E-state index contributed by atoms with van der Waals surface area (Å²) in [5.41, 5.74) is 2.87. The van der Waals surface area contributed by atoms with Gasteiger partial charge in [-0.3, -0.25) is 14.1 Å². The van der Waals surface area contributed by atoms with Gasteiger partial charge in [0.15, 0.2) is 11.6 Å². The average molecular weight is 625 g/mol. The van der Waals surface area contributed by atoms with Crippen LogP contribution in [0.2, 0.25) is 0 Å². The lowest BCUT2D eigenvalue weighted by Crippen LogP contribution is -2.43. The number of carbonyl (C=O) groups excluding carboxylic acids is 2. The molecule has 0 N–H and O–H groups in total. The Morgan fingerprint density at radius 1 is 0.822 bits per heavy atom. The molecule has 1 aliphatic carbocycles. The average Bonchev–Trinajstić information content (AvgIpc) is 2.99. The minimum Gasteiger partial charge on any atom is -0.445 e. The van der Waals surface area contributed by atoms with Crippen molar-refractivity contribution in [2.45, 2.75) is 157 Å². The molecule has 0 spiro atoms. The van der Waals surface area contributed by atoms with E-state index in [9.17, 15) is 9.59 Å². The molecule has 0 aliphatic heterocycles. The highest BCUT2D eigenvalue weighted by atomic mass is 16.5. The predicted octanol–water partition coefficient (Wildman–Crippen LogP) is 11.5. The quantitative estimate of drug-likeness (QED) is 0.0497. The molecule has 45 heavy (non-hydrogen) atoms. The molecule has 1 aromatic rings. The first-order chi connectivity index (χ1) is 21.4. The maximum absolute atomic E-state index is 13.3. The smallest absolute Gasteiger partial charge is 0.223 e.